The fraction of sp³-hybridized carbons (Fsp3) is 0.632. The van der Waals surface area contributed by atoms with Crippen molar-refractivity contribution in [1.29, 1.82) is 0 Å². The lowest BCUT2D eigenvalue weighted by molar-refractivity contribution is -0.150. The van der Waals surface area contributed by atoms with E-state index in [1.54, 1.807) is 0 Å². The van der Waals surface area contributed by atoms with Crippen LogP contribution in [0.4, 0.5) is 0 Å². The zero-order chi connectivity index (χ0) is 15.7. The third-order valence-corrected chi connectivity index (χ3v) is 5.53. The Bertz CT molecular complexity index is 547. The van der Waals surface area contributed by atoms with Crippen LogP contribution in [0, 0.1) is 11.3 Å². The SMILES string of the molecule is O=C(C1CCOCC1)N1CC2(CO[C@@H](Cc3ccccc3)C2)C1. The van der Waals surface area contributed by atoms with Gasteiger partial charge in [-0.3, -0.25) is 4.79 Å². The normalized spacial score (nSPS) is 27.1. The molecular weight excluding hydrogens is 290 g/mol. The molecule has 3 fully saturated rings. The number of carbonyl (C=O) groups is 1. The summed E-state index contributed by atoms with van der Waals surface area (Å²) in [6, 6.07) is 10.5. The molecule has 0 aromatic heterocycles. The van der Waals surface area contributed by atoms with E-state index in [4.69, 9.17) is 9.47 Å². The van der Waals surface area contributed by atoms with Crippen LogP contribution in [0.2, 0.25) is 0 Å². The molecule has 0 radical (unpaired) electrons. The van der Waals surface area contributed by atoms with Crippen LogP contribution in [0.3, 0.4) is 0 Å². The zero-order valence-electron chi connectivity index (χ0n) is 13.6. The third-order valence-electron chi connectivity index (χ3n) is 5.53. The summed E-state index contributed by atoms with van der Waals surface area (Å²) in [5.74, 6) is 0.522. The second-order valence-electron chi connectivity index (χ2n) is 7.41. The maximum atomic E-state index is 12.5. The molecule has 0 N–H and O–H groups in total. The minimum Gasteiger partial charge on any atom is -0.381 e. The first kappa shape index (κ1) is 15.2. The van der Waals surface area contributed by atoms with Crippen LogP contribution in [-0.4, -0.2) is 49.8 Å². The van der Waals surface area contributed by atoms with Crippen molar-refractivity contribution in [3.8, 4) is 0 Å². The van der Waals surface area contributed by atoms with Crippen molar-refractivity contribution < 1.29 is 14.3 Å². The number of benzene rings is 1. The topological polar surface area (TPSA) is 38.8 Å². The number of ether oxygens (including phenoxy) is 2. The van der Waals surface area contributed by atoms with E-state index in [-0.39, 0.29) is 11.3 Å². The van der Waals surface area contributed by atoms with Crippen molar-refractivity contribution >= 4 is 5.91 Å². The van der Waals surface area contributed by atoms with Crippen molar-refractivity contribution in [2.24, 2.45) is 11.3 Å². The van der Waals surface area contributed by atoms with Gasteiger partial charge in [-0.05, 0) is 31.2 Å². The van der Waals surface area contributed by atoms with Crippen molar-refractivity contribution in [3.63, 3.8) is 0 Å². The molecule has 0 saturated carbocycles. The molecule has 124 valence electrons. The van der Waals surface area contributed by atoms with Crippen LogP contribution in [0.15, 0.2) is 30.3 Å². The lowest BCUT2D eigenvalue weighted by Crippen LogP contribution is -2.60. The van der Waals surface area contributed by atoms with Gasteiger partial charge in [-0.1, -0.05) is 30.3 Å². The van der Waals surface area contributed by atoms with Gasteiger partial charge < -0.3 is 14.4 Å². The number of nitrogens with zero attached hydrogens (tertiary/aromatic N) is 1. The van der Waals surface area contributed by atoms with Gasteiger partial charge in [-0.15, -0.1) is 0 Å². The highest BCUT2D eigenvalue weighted by atomic mass is 16.5. The third kappa shape index (κ3) is 3.15. The Morgan fingerprint density at radius 2 is 1.91 bits per heavy atom. The van der Waals surface area contributed by atoms with E-state index in [9.17, 15) is 4.79 Å². The Morgan fingerprint density at radius 3 is 2.65 bits per heavy atom. The molecule has 3 aliphatic rings. The molecule has 3 saturated heterocycles. The molecule has 0 bridgehead atoms. The average molecular weight is 315 g/mol. The fourth-order valence-electron chi connectivity index (χ4n) is 4.25. The monoisotopic (exact) mass is 315 g/mol. The molecular formula is C19H25NO3. The second kappa shape index (κ2) is 6.25. The minimum atomic E-state index is 0.184. The van der Waals surface area contributed by atoms with Crippen molar-refractivity contribution in [2.45, 2.75) is 31.8 Å². The maximum Gasteiger partial charge on any atom is 0.225 e. The van der Waals surface area contributed by atoms with Crippen LogP contribution in [0.25, 0.3) is 0 Å². The lowest BCUT2D eigenvalue weighted by atomic mass is 9.76. The predicted molar refractivity (Wildman–Crippen MR) is 87.1 cm³/mol. The molecule has 3 heterocycles. The van der Waals surface area contributed by atoms with Gasteiger partial charge >= 0.3 is 0 Å². The van der Waals surface area contributed by atoms with Crippen LogP contribution in [0.5, 0.6) is 0 Å². The highest BCUT2D eigenvalue weighted by Gasteiger charge is 2.51. The largest absolute Gasteiger partial charge is 0.381 e. The maximum absolute atomic E-state index is 12.5. The molecule has 1 atom stereocenters. The van der Waals surface area contributed by atoms with Gasteiger partial charge in [0.2, 0.25) is 5.91 Å². The van der Waals surface area contributed by atoms with E-state index in [2.05, 4.69) is 24.3 Å². The summed E-state index contributed by atoms with van der Waals surface area (Å²) in [5.41, 5.74) is 1.56. The molecule has 4 rings (SSSR count). The van der Waals surface area contributed by atoms with Gasteiger partial charge in [0.25, 0.3) is 0 Å². The van der Waals surface area contributed by atoms with E-state index in [0.717, 1.165) is 58.6 Å². The highest BCUT2D eigenvalue weighted by Crippen LogP contribution is 2.42. The second-order valence-corrected chi connectivity index (χ2v) is 7.41. The summed E-state index contributed by atoms with van der Waals surface area (Å²) in [6.45, 7) is 4.04. The Labute approximate surface area is 137 Å². The van der Waals surface area contributed by atoms with Crippen LogP contribution in [-0.2, 0) is 20.7 Å². The lowest BCUT2D eigenvalue weighted by Gasteiger charge is -2.48. The number of likely N-dealkylation sites (tertiary alicyclic amines) is 1. The standard InChI is InChI=1S/C19H25NO3/c21-18(16-6-8-22-9-7-16)20-12-19(13-20)11-17(23-14-19)10-15-4-2-1-3-5-15/h1-5,16-17H,6-14H2/t17-/m0/s1. The van der Waals surface area contributed by atoms with Crippen molar-refractivity contribution in [2.75, 3.05) is 32.9 Å². The zero-order valence-corrected chi connectivity index (χ0v) is 13.6. The molecule has 4 heteroatoms. The minimum absolute atomic E-state index is 0.184. The van der Waals surface area contributed by atoms with Gasteiger partial charge in [0.1, 0.15) is 0 Å². The van der Waals surface area contributed by atoms with Gasteiger partial charge in [0.15, 0.2) is 0 Å². The summed E-state index contributed by atoms with van der Waals surface area (Å²) in [4.78, 5) is 14.6. The molecule has 1 aromatic rings. The van der Waals surface area contributed by atoms with Gasteiger partial charge in [-0.25, -0.2) is 0 Å². The summed E-state index contributed by atoms with van der Waals surface area (Å²) in [6.07, 6.45) is 4.14. The molecule has 0 aliphatic carbocycles. The molecule has 1 aromatic carbocycles. The number of amides is 1. The summed E-state index contributed by atoms with van der Waals surface area (Å²) < 4.78 is 11.4. The fourth-order valence-corrected chi connectivity index (χ4v) is 4.25. The number of rotatable bonds is 3. The summed E-state index contributed by atoms with van der Waals surface area (Å²) >= 11 is 0. The number of carbonyl (C=O) groups excluding carboxylic acids is 1. The van der Waals surface area contributed by atoms with E-state index >= 15 is 0 Å². The number of hydrogen-bond acceptors (Lipinski definition) is 3. The van der Waals surface area contributed by atoms with Crippen molar-refractivity contribution in [3.05, 3.63) is 35.9 Å². The summed E-state index contributed by atoms with van der Waals surface area (Å²) in [5, 5.41) is 0. The molecule has 1 spiro atoms. The smallest absolute Gasteiger partial charge is 0.225 e. The quantitative estimate of drug-likeness (QED) is 0.859. The van der Waals surface area contributed by atoms with Crippen molar-refractivity contribution in [1.82, 2.24) is 4.90 Å². The molecule has 3 aliphatic heterocycles. The molecule has 0 unspecified atom stereocenters. The highest BCUT2D eigenvalue weighted by molar-refractivity contribution is 5.80. The molecule has 1 amide bonds. The van der Waals surface area contributed by atoms with Crippen LogP contribution in [0.1, 0.15) is 24.8 Å². The van der Waals surface area contributed by atoms with Crippen LogP contribution < -0.4 is 0 Å². The Kier molecular flexibility index (Phi) is 4.12. The summed E-state index contributed by atoms with van der Waals surface area (Å²) in [7, 11) is 0. The first-order valence-electron chi connectivity index (χ1n) is 8.76. The van der Waals surface area contributed by atoms with E-state index in [0.29, 0.717) is 12.0 Å². The van der Waals surface area contributed by atoms with Crippen LogP contribution >= 0.6 is 0 Å². The molecule has 23 heavy (non-hydrogen) atoms. The Balaban J connectivity index is 1.28. The molecule has 4 nitrogen and oxygen atoms in total. The number of hydrogen-bond donors (Lipinski definition) is 0. The Morgan fingerprint density at radius 1 is 1.17 bits per heavy atom. The van der Waals surface area contributed by atoms with Gasteiger partial charge in [-0.2, -0.15) is 0 Å². The predicted octanol–water partition coefficient (Wildman–Crippen LogP) is 2.27. The van der Waals surface area contributed by atoms with E-state index in [1.807, 2.05) is 11.0 Å². The Hall–Kier alpha value is -1.39. The van der Waals surface area contributed by atoms with E-state index < -0.39 is 0 Å². The first-order chi connectivity index (χ1) is 11.2. The van der Waals surface area contributed by atoms with Gasteiger partial charge in [0, 0.05) is 37.6 Å². The first-order valence-corrected chi connectivity index (χ1v) is 8.76. The average Bonchev–Trinajstić information content (AvgIpc) is 2.99. The van der Waals surface area contributed by atoms with E-state index in [1.165, 1.54) is 5.56 Å². The van der Waals surface area contributed by atoms with Gasteiger partial charge in [0.05, 0.1) is 12.7 Å².